The van der Waals surface area contributed by atoms with Crippen molar-refractivity contribution in [3.63, 3.8) is 0 Å². The average molecular weight is 328 g/mol. The lowest BCUT2D eigenvalue weighted by Crippen LogP contribution is -2.44. The summed E-state index contributed by atoms with van der Waals surface area (Å²) in [6, 6.07) is 8.28. The Morgan fingerprint density at radius 3 is 2.79 bits per heavy atom. The number of piperidine rings is 1. The molecule has 1 atom stereocenters. The Labute approximate surface area is 142 Å². The van der Waals surface area contributed by atoms with Gasteiger partial charge in [0.2, 0.25) is 5.91 Å². The number of likely N-dealkylation sites (tertiary alicyclic amines) is 1. The number of hydrogen-bond acceptors (Lipinski definition) is 3. The maximum atomic E-state index is 12.4. The Morgan fingerprint density at radius 1 is 1.21 bits per heavy atom. The van der Waals surface area contributed by atoms with Gasteiger partial charge in [0.15, 0.2) is 0 Å². The molecule has 5 heteroatoms. The van der Waals surface area contributed by atoms with Gasteiger partial charge in [0.05, 0.1) is 18.0 Å². The zero-order chi connectivity index (χ0) is 16.5. The molecule has 4 rings (SSSR count). The number of carbonyl (C=O) groups excluding carboxylic acids is 1. The highest BCUT2D eigenvalue weighted by atomic mass is 16.5. The SMILES string of the molecule is Cn1ccc2c(OC3CCN(C(=O)C4CCOC4)CC3)cccc21. The van der Waals surface area contributed by atoms with Gasteiger partial charge in [-0.15, -0.1) is 0 Å². The van der Waals surface area contributed by atoms with Crippen LogP contribution < -0.4 is 4.74 Å². The van der Waals surface area contributed by atoms with Crippen LogP contribution in [-0.2, 0) is 16.6 Å². The van der Waals surface area contributed by atoms with Gasteiger partial charge < -0.3 is 18.9 Å². The van der Waals surface area contributed by atoms with E-state index >= 15 is 0 Å². The van der Waals surface area contributed by atoms with Crippen LogP contribution in [0.15, 0.2) is 30.5 Å². The summed E-state index contributed by atoms with van der Waals surface area (Å²) < 4.78 is 13.7. The summed E-state index contributed by atoms with van der Waals surface area (Å²) in [4.78, 5) is 14.4. The van der Waals surface area contributed by atoms with Gasteiger partial charge in [-0.25, -0.2) is 0 Å². The topological polar surface area (TPSA) is 43.7 Å². The third-order valence-corrected chi connectivity index (χ3v) is 5.21. The number of benzene rings is 1. The Balaban J connectivity index is 1.38. The van der Waals surface area contributed by atoms with E-state index in [1.807, 2.05) is 24.1 Å². The van der Waals surface area contributed by atoms with E-state index in [0.717, 1.165) is 50.1 Å². The Morgan fingerprint density at radius 2 is 2.04 bits per heavy atom. The summed E-state index contributed by atoms with van der Waals surface area (Å²) in [5, 5.41) is 1.15. The summed E-state index contributed by atoms with van der Waals surface area (Å²) in [5.41, 5.74) is 1.18. The van der Waals surface area contributed by atoms with E-state index in [2.05, 4.69) is 22.9 Å². The molecule has 3 heterocycles. The third kappa shape index (κ3) is 2.88. The number of hydrogen-bond donors (Lipinski definition) is 0. The molecule has 0 spiro atoms. The fourth-order valence-electron chi connectivity index (χ4n) is 3.74. The van der Waals surface area contributed by atoms with Crippen LogP contribution in [0.25, 0.3) is 10.9 Å². The molecule has 0 aliphatic carbocycles. The molecule has 2 aromatic rings. The largest absolute Gasteiger partial charge is 0.490 e. The summed E-state index contributed by atoms with van der Waals surface area (Å²) in [6.45, 7) is 2.87. The molecule has 1 unspecified atom stereocenters. The lowest BCUT2D eigenvalue weighted by molar-refractivity contribution is -0.137. The summed E-state index contributed by atoms with van der Waals surface area (Å²) in [5.74, 6) is 1.28. The fourth-order valence-corrected chi connectivity index (χ4v) is 3.74. The van der Waals surface area contributed by atoms with E-state index in [0.29, 0.717) is 6.61 Å². The molecule has 2 fully saturated rings. The number of amides is 1. The number of fused-ring (bicyclic) bond motifs is 1. The van der Waals surface area contributed by atoms with E-state index in [1.165, 1.54) is 5.52 Å². The molecule has 0 radical (unpaired) electrons. The molecule has 0 N–H and O–H groups in total. The lowest BCUT2D eigenvalue weighted by Gasteiger charge is -2.33. The molecule has 128 valence electrons. The molecule has 1 aromatic carbocycles. The van der Waals surface area contributed by atoms with Gasteiger partial charge in [-0.2, -0.15) is 0 Å². The van der Waals surface area contributed by atoms with E-state index < -0.39 is 0 Å². The minimum Gasteiger partial charge on any atom is -0.490 e. The van der Waals surface area contributed by atoms with Crippen LogP contribution in [0.5, 0.6) is 5.75 Å². The van der Waals surface area contributed by atoms with Crippen molar-refractivity contribution in [1.82, 2.24) is 9.47 Å². The van der Waals surface area contributed by atoms with Crippen LogP contribution in [-0.4, -0.2) is 47.8 Å². The number of nitrogens with zero attached hydrogens (tertiary/aromatic N) is 2. The van der Waals surface area contributed by atoms with Crippen LogP contribution >= 0.6 is 0 Å². The predicted octanol–water partition coefficient (Wildman–Crippen LogP) is 2.58. The van der Waals surface area contributed by atoms with Gasteiger partial charge in [-0.1, -0.05) is 6.07 Å². The fraction of sp³-hybridized carbons (Fsp3) is 0.526. The van der Waals surface area contributed by atoms with Gasteiger partial charge in [0.25, 0.3) is 0 Å². The van der Waals surface area contributed by atoms with Crippen molar-refractivity contribution in [2.45, 2.75) is 25.4 Å². The van der Waals surface area contributed by atoms with Crippen molar-refractivity contribution in [3.8, 4) is 5.75 Å². The van der Waals surface area contributed by atoms with E-state index in [9.17, 15) is 4.79 Å². The van der Waals surface area contributed by atoms with Gasteiger partial charge in [-0.05, 0) is 24.6 Å². The maximum Gasteiger partial charge on any atom is 0.228 e. The zero-order valence-corrected chi connectivity index (χ0v) is 14.1. The van der Waals surface area contributed by atoms with Crippen LogP contribution in [0.3, 0.4) is 0 Å². The quantitative estimate of drug-likeness (QED) is 0.870. The zero-order valence-electron chi connectivity index (χ0n) is 14.1. The predicted molar refractivity (Wildman–Crippen MR) is 92.1 cm³/mol. The first kappa shape index (κ1) is 15.5. The van der Waals surface area contributed by atoms with Crippen molar-refractivity contribution in [2.75, 3.05) is 26.3 Å². The molecule has 2 aliphatic heterocycles. The monoisotopic (exact) mass is 328 g/mol. The number of rotatable bonds is 3. The van der Waals surface area contributed by atoms with Crippen molar-refractivity contribution in [1.29, 1.82) is 0 Å². The van der Waals surface area contributed by atoms with Crippen LogP contribution in [0.4, 0.5) is 0 Å². The van der Waals surface area contributed by atoms with Crippen molar-refractivity contribution in [2.24, 2.45) is 13.0 Å². The molecule has 2 saturated heterocycles. The van der Waals surface area contributed by atoms with Crippen LogP contribution in [0, 0.1) is 5.92 Å². The van der Waals surface area contributed by atoms with Gasteiger partial charge in [-0.3, -0.25) is 4.79 Å². The van der Waals surface area contributed by atoms with E-state index in [1.54, 1.807) is 0 Å². The first-order valence-corrected chi connectivity index (χ1v) is 8.79. The second-order valence-corrected chi connectivity index (χ2v) is 6.82. The Kier molecular flexibility index (Phi) is 4.19. The molecular formula is C19H24N2O3. The van der Waals surface area contributed by atoms with Crippen LogP contribution in [0.1, 0.15) is 19.3 Å². The lowest BCUT2D eigenvalue weighted by atomic mass is 10.0. The summed E-state index contributed by atoms with van der Waals surface area (Å²) in [7, 11) is 2.04. The number of aromatic nitrogens is 1. The van der Waals surface area contributed by atoms with E-state index in [-0.39, 0.29) is 17.9 Å². The minimum atomic E-state index is 0.0699. The smallest absolute Gasteiger partial charge is 0.228 e. The Bertz CT molecular complexity index is 725. The summed E-state index contributed by atoms with van der Waals surface area (Å²) in [6.07, 6.45) is 4.89. The van der Waals surface area contributed by atoms with Gasteiger partial charge in [0.1, 0.15) is 11.9 Å². The average Bonchev–Trinajstić information content (AvgIpc) is 3.26. The molecule has 5 nitrogen and oxygen atoms in total. The summed E-state index contributed by atoms with van der Waals surface area (Å²) >= 11 is 0. The highest BCUT2D eigenvalue weighted by molar-refractivity contribution is 5.86. The normalized spacial score (nSPS) is 22.2. The standard InChI is InChI=1S/C19H24N2O3/c1-20-9-7-16-17(20)3-2-4-18(16)24-15-5-10-21(11-6-15)19(22)14-8-12-23-13-14/h2-4,7,9,14-15H,5-6,8,10-13H2,1H3. The first-order chi connectivity index (χ1) is 11.7. The van der Waals surface area contributed by atoms with Crippen molar-refractivity contribution in [3.05, 3.63) is 30.5 Å². The van der Waals surface area contributed by atoms with Crippen LogP contribution in [0.2, 0.25) is 0 Å². The molecular weight excluding hydrogens is 304 g/mol. The molecule has 0 bridgehead atoms. The first-order valence-electron chi connectivity index (χ1n) is 8.79. The van der Waals surface area contributed by atoms with Crippen molar-refractivity contribution < 1.29 is 14.3 Å². The Hall–Kier alpha value is -2.01. The van der Waals surface area contributed by atoms with E-state index in [4.69, 9.17) is 9.47 Å². The number of carbonyl (C=O) groups is 1. The second-order valence-electron chi connectivity index (χ2n) is 6.82. The number of ether oxygens (including phenoxy) is 2. The maximum absolute atomic E-state index is 12.4. The van der Waals surface area contributed by atoms with Gasteiger partial charge in [0, 0.05) is 51.2 Å². The second kappa shape index (κ2) is 6.48. The molecule has 24 heavy (non-hydrogen) atoms. The molecule has 0 saturated carbocycles. The highest BCUT2D eigenvalue weighted by Crippen LogP contribution is 2.29. The number of aryl methyl sites for hydroxylation is 1. The molecule has 1 amide bonds. The van der Waals surface area contributed by atoms with Gasteiger partial charge >= 0.3 is 0 Å². The van der Waals surface area contributed by atoms with Crippen molar-refractivity contribution >= 4 is 16.8 Å². The third-order valence-electron chi connectivity index (χ3n) is 5.21. The molecule has 1 aromatic heterocycles. The highest BCUT2D eigenvalue weighted by Gasteiger charge is 2.31. The minimum absolute atomic E-state index is 0.0699. The molecule has 2 aliphatic rings.